The van der Waals surface area contributed by atoms with Crippen molar-refractivity contribution in [3.05, 3.63) is 94.2 Å². The van der Waals surface area contributed by atoms with Gasteiger partial charge >= 0.3 is 5.97 Å². The Hall–Kier alpha value is -3.31. The number of carboxylic acids is 1. The van der Waals surface area contributed by atoms with Gasteiger partial charge in [0.2, 0.25) is 12.1 Å². The van der Waals surface area contributed by atoms with E-state index in [1.165, 1.54) is 32.3 Å². The molecule has 0 unspecified atom stereocenters. The molecule has 3 aromatic rings. The fraction of sp³-hybridized carbons (Fsp3) is 0.214. The highest BCUT2D eigenvalue weighted by atomic mass is 32.2. The number of hydrogen-bond acceptors (Lipinski definition) is 3. The molecule has 33 heavy (non-hydrogen) atoms. The molecule has 0 fully saturated rings. The Kier molecular flexibility index (Phi) is 5.07. The molecule has 1 aromatic heterocycles. The maximum atomic E-state index is 11.3. The highest BCUT2D eigenvalue weighted by Gasteiger charge is 2.31. The largest absolute Gasteiger partial charge is 0.477 e. The maximum Gasteiger partial charge on any atom is 0.370 e. The van der Waals surface area contributed by atoms with Gasteiger partial charge in [0.15, 0.2) is 6.20 Å². The minimum absolute atomic E-state index is 0.0345. The Morgan fingerprint density at radius 3 is 2.88 bits per heavy atom. The summed E-state index contributed by atoms with van der Waals surface area (Å²) in [5.74, 6) is -0.832. The van der Waals surface area contributed by atoms with Crippen molar-refractivity contribution in [2.24, 2.45) is 0 Å². The smallest absolute Gasteiger partial charge is 0.370 e. The monoisotopic (exact) mass is 453 g/mol. The van der Waals surface area contributed by atoms with Crippen LogP contribution in [0.1, 0.15) is 30.4 Å². The molecule has 0 saturated carbocycles. The quantitative estimate of drug-likeness (QED) is 0.514. The van der Waals surface area contributed by atoms with Crippen molar-refractivity contribution in [1.29, 1.82) is 0 Å². The summed E-state index contributed by atoms with van der Waals surface area (Å²) in [6.07, 6.45) is 13.3. The third-order valence-electron chi connectivity index (χ3n) is 6.65. The second-order valence-corrected chi connectivity index (χ2v) is 9.91. The molecule has 1 aliphatic carbocycles. The van der Waals surface area contributed by atoms with E-state index in [-0.39, 0.29) is 6.54 Å². The number of benzene rings is 2. The Bertz CT molecular complexity index is 1390. The zero-order valence-electron chi connectivity index (χ0n) is 18.3. The first kappa shape index (κ1) is 20.3. The number of fused-ring (bicyclic) bond motifs is 1. The van der Waals surface area contributed by atoms with Crippen LogP contribution < -0.4 is 9.47 Å². The Balaban J connectivity index is 1.33. The van der Waals surface area contributed by atoms with E-state index in [9.17, 15) is 9.90 Å². The number of thioether (sulfide) groups is 1. The number of anilines is 1. The SMILES string of the molecule is O=C(O)C[n+]1ccc(/C=C2C=C(/C=C3\Sc4cccc5c4N3CC5)CCC/2)c2ccccc21. The van der Waals surface area contributed by atoms with Gasteiger partial charge in [-0.05, 0) is 66.2 Å². The van der Waals surface area contributed by atoms with Crippen LogP contribution in [-0.2, 0) is 17.8 Å². The number of nitrogens with zero attached hydrogens (tertiary/aromatic N) is 2. The van der Waals surface area contributed by atoms with E-state index in [2.05, 4.69) is 47.4 Å². The molecule has 164 valence electrons. The van der Waals surface area contributed by atoms with E-state index < -0.39 is 5.97 Å². The Labute approximate surface area is 197 Å². The Morgan fingerprint density at radius 1 is 1.06 bits per heavy atom. The van der Waals surface area contributed by atoms with Crippen LogP contribution in [0.4, 0.5) is 5.69 Å². The van der Waals surface area contributed by atoms with Gasteiger partial charge in [0.1, 0.15) is 0 Å². The van der Waals surface area contributed by atoms with E-state index >= 15 is 0 Å². The van der Waals surface area contributed by atoms with Gasteiger partial charge in [0, 0.05) is 23.6 Å². The van der Waals surface area contributed by atoms with Crippen molar-refractivity contribution in [2.75, 3.05) is 11.4 Å². The molecule has 2 aromatic carbocycles. The normalized spacial score (nSPS) is 19.4. The van der Waals surface area contributed by atoms with Crippen LogP contribution in [0.25, 0.3) is 17.0 Å². The van der Waals surface area contributed by atoms with Crippen molar-refractivity contribution in [3.8, 4) is 0 Å². The maximum absolute atomic E-state index is 11.3. The summed E-state index contributed by atoms with van der Waals surface area (Å²) in [6, 6.07) is 16.8. The zero-order chi connectivity index (χ0) is 22.4. The minimum atomic E-state index is -0.832. The number of rotatable bonds is 4. The van der Waals surface area contributed by atoms with Crippen molar-refractivity contribution in [1.82, 2.24) is 0 Å². The molecule has 6 rings (SSSR count). The van der Waals surface area contributed by atoms with Crippen molar-refractivity contribution in [2.45, 2.75) is 37.1 Å². The number of carboxylic acid groups (broad SMARTS) is 1. The second-order valence-electron chi connectivity index (χ2n) is 8.85. The standard InChI is InChI=1S/C28H24N2O2S/c31-27(32)18-29-13-11-22(23-8-1-2-9-24(23)29)16-19-5-3-6-20(15-19)17-26-30-14-12-21-7-4-10-25(33-26)28(21)30/h1-2,4,7-11,13,15-17H,3,5-6,12,14,18H2/p+1. The molecule has 4 nitrogen and oxygen atoms in total. The lowest BCUT2D eigenvalue weighted by molar-refractivity contribution is -0.660. The average molecular weight is 454 g/mol. The van der Waals surface area contributed by atoms with Gasteiger partial charge in [-0.3, -0.25) is 0 Å². The van der Waals surface area contributed by atoms with E-state index in [1.807, 2.05) is 42.2 Å². The van der Waals surface area contributed by atoms with Crippen molar-refractivity contribution in [3.63, 3.8) is 0 Å². The fourth-order valence-corrected chi connectivity index (χ4v) is 6.39. The highest BCUT2D eigenvalue weighted by molar-refractivity contribution is 8.03. The second kappa shape index (κ2) is 8.23. The van der Waals surface area contributed by atoms with Crippen LogP contribution in [-0.4, -0.2) is 17.6 Å². The highest BCUT2D eigenvalue weighted by Crippen LogP contribution is 2.51. The topological polar surface area (TPSA) is 44.4 Å². The first-order valence-corrected chi connectivity index (χ1v) is 12.3. The Morgan fingerprint density at radius 2 is 1.97 bits per heavy atom. The summed E-state index contributed by atoms with van der Waals surface area (Å²) >= 11 is 1.89. The molecule has 0 bridgehead atoms. The van der Waals surface area contributed by atoms with Crippen molar-refractivity contribution < 1.29 is 14.5 Å². The van der Waals surface area contributed by atoms with E-state index in [4.69, 9.17) is 0 Å². The minimum Gasteiger partial charge on any atom is -0.477 e. The predicted octanol–water partition coefficient (Wildman–Crippen LogP) is 5.72. The lowest BCUT2D eigenvalue weighted by Crippen LogP contribution is -2.38. The zero-order valence-corrected chi connectivity index (χ0v) is 19.1. The fourth-order valence-electron chi connectivity index (χ4n) is 5.18. The lowest BCUT2D eigenvalue weighted by atomic mass is 9.93. The summed E-state index contributed by atoms with van der Waals surface area (Å²) in [5, 5.41) is 11.7. The summed E-state index contributed by atoms with van der Waals surface area (Å²) < 4.78 is 1.80. The average Bonchev–Trinajstić information content (AvgIpc) is 3.41. The van der Waals surface area contributed by atoms with Gasteiger partial charge in [-0.2, -0.15) is 4.57 Å². The number of aliphatic carboxylic acids is 1. The molecule has 0 saturated heterocycles. The number of para-hydroxylation sites is 2. The molecule has 0 spiro atoms. The summed E-state index contributed by atoms with van der Waals surface area (Å²) in [5.41, 5.74) is 7.69. The van der Waals surface area contributed by atoms with Crippen LogP contribution in [0.5, 0.6) is 0 Å². The summed E-state index contributed by atoms with van der Waals surface area (Å²) in [7, 11) is 0. The first-order valence-electron chi connectivity index (χ1n) is 11.5. The molecule has 1 N–H and O–H groups in total. The molecule has 0 amide bonds. The van der Waals surface area contributed by atoms with Gasteiger partial charge in [0.25, 0.3) is 0 Å². The molecule has 5 heteroatoms. The van der Waals surface area contributed by atoms with E-state index in [0.29, 0.717) is 0 Å². The summed E-state index contributed by atoms with van der Waals surface area (Å²) in [6.45, 7) is 1.04. The van der Waals surface area contributed by atoms with Gasteiger partial charge in [-0.25, -0.2) is 4.79 Å². The number of allylic oxidation sites excluding steroid dienone is 4. The van der Waals surface area contributed by atoms with E-state index in [1.54, 1.807) is 4.57 Å². The first-order chi connectivity index (χ1) is 16.2. The summed E-state index contributed by atoms with van der Waals surface area (Å²) in [4.78, 5) is 15.1. The third kappa shape index (κ3) is 3.76. The van der Waals surface area contributed by atoms with Gasteiger partial charge in [-0.1, -0.05) is 48.2 Å². The van der Waals surface area contributed by atoms with E-state index in [0.717, 1.165) is 48.7 Å². The van der Waals surface area contributed by atoms with Crippen LogP contribution in [0, 0.1) is 0 Å². The van der Waals surface area contributed by atoms with Crippen molar-refractivity contribution >= 4 is 40.4 Å². The molecule has 0 radical (unpaired) electrons. The number of aromatic nitrogens is 1. The molecular formula is C28H25N2O2S+. The van der Waals surface area contributed by atoms with Crippen LogP contribution in [0.2, 0.25) is 0 Å². The molecule has 3 heterocycles. The van der Waals surface area contributed by atoms with Gasteiger partial charge in [-0.15, -0.1) is 0 Å². The van der Waals surface area contributed by atoms with Crippen LogP contribution in [0.3, 0.4) is 0 Å². The van der Waals surface area contributed by atoms with Crippen LogP contribution in [0.15, 0.2) is 88.0 Å². The predicted molar refractivity (Wildman–Crippen MR) is 133 cm³/mol. The number of hydrogen-bond donors (Lipinski definition) is 1. The third-order valence-corrected chi connectivity index (χ3v) is 7.75. The number of pyridine rings is 1. The van der Waals surface area contributed by atoms with Crippen LogP contribution >= 0.6 is 11.8 Å². The van der Waals surface area contributed by atoms with Gasteiger partial charge in [0.05, 0.1) is 16.1 Å². The molecular weight excluding hydrogens is 428 g/mol. The molecule has 2 aliphatic heterocycles. The molecule has 3 aliphatic rings. The lowest BCUT2D eigenvalue weighted by Gasteiger charge is -2.17. The van der Waals surface area contributed by atoms with Gasteiger partial charge < -0.3 is 10.0 Å². The number of carbonyl (C=O) groups is 1. The molecule has 0 atom stereocenters.